The molecule has 9 heteroatoms. The van der Waals surface area contributed by atoms with Gasteiger partial charge in [0, 0.05) is 0 Å². The number of benzene rings is 2. The summed E-state index contributed by atoms with van der Waals surface area (Å²) in [4.78, 5) is 13.6. The summed E-state index contributed by atoms with van der Waals surface area (Å²) >= 11 is 5.16. The molecule has 1 unspecified atom stereocenters. The lowest BCUT2D eigenvalue weighted by Crippen LogP contribution is -2.30. The number of carbonyl (C=O) groups excluding carboxylic acids is 1. The highest BCUT2D eigenvalue weighted by Crippen LogP contribution is 2.28. The molecule has 26 heavy (non-hydrogen) atoms. The molecule has 0 radical (unpaired) electrons. The minimum absolute atomic E-state index is 0.0102. The average molecular weight is 391 g/mol. The van der Waals surface area contributed by atoms with Crippen molar-refractivity contribution in [2.24, 2.45) is 0 Å². The van der Waals surface area contributed by atoms with Gasteiger partial charge in [0.2, 0.25) is 0 Å². The molecule has 1 heterocycles. The van der Waals surface area contributed by atoms with Gasteiger partial charge in [0.1, 0.15) is 11.8 Å². The van der Waals surface area contributed by atoms with Crippen LogP contribution in [0.4, 0.5) is 11.4 Å². The second-order valence-corrected chi connectivity index (χ2v) is 7.72. The first-order valence-corrected chi connectivity index (χ1v) is 9.63. The van der Waals surface area contributed by atoms with E-state index in [-0.39, 0.29) is 15.9 Å². The van der Waals surface area contributed by atoms with Crippen LogP contribution in [0.3, 0.4) is 0 Å². The summed E-state index contributed by atoms with van der Waals surface area (Å²) in [6.45, 7) is 1.69. The molecule has 0 bridgehead atoms. The standard InChI is InChI=1S/C17H17N3O4S2/c1-11-16(21)20(17(25)18-11)12-6-5-7-13(10-12)26(22,23)19-14-8-3-4-9-15(14)24-2/h3-11,19H,1-2H3,(H,18,25). The molecular formula is C17H17N3O4S2. The molecular weight excluding hydrogens is 374 g/mol. The number of hydrogen-bond donors (Lipinski definition) is 2. The van der Waals surface area contributed by atoms with E-state index in [1.165, 1.54) is 24.1 Å². The Hall–Kier alpha value is -2.65. The summed E-state index contributed by atoms with van der Waals surface area (Å²) in [6, 6.07) is 12.3. The van der Waals surface area contributed by atoms with Crippen molar-refractivity contribution in [3.63, 3.8) is 0 Å². The fraction of sp³-hybridized carbons (Fsp3) is 0.176. The number of anilines is 2. The number of amides is 1. The number of nitrogens with one attached hydrogen (secondary N) is 2. The first-order chi connectivity index (χ1) is 12.3. The summed E-state index contributed by atoms with van der Waals surface area (Å²) in [6.07, 6.45) is 0. The van der Waals surface area contributed by atoms with Crippen molar-refractivity contribution in [2.45, 2.75) is 17.9 Å². The lowest BCUT2D eigenvalue weighted by atomic mass is 10.2. The predicted octanol–water partition coefficient (Wildman–Crippen LogP) is 2.11. The van der Waals surface area contributed by atoms with Crippen LogP contribution in [0.5, 0.6) is 5.75 Å². The van der Waals surface area contributed by atoms with Crippen LogP contribution in [0, 0.1) is 0 Å². The Bertz CT molecular complexity index is 975. The van der Waals surface area contributed by atoms with Gasteiger partial charge in [-0.2, -0.15) is 0 Å². The lowest BCUT2D eigenvalue weighted by Gasteiger charge is -2.16. The maximum absolute atomic E-state index is 12.7. The number of nitrogens with zero attached hydrogens (tertiary/aromatic N) is 1. The van der Waals surface area contributed by atoms with Crippen LogP contribution in [-0.4, -0.2) is 32.6 Å². The Balaban J connectivity index is 1.94. The number of carbonyl (C=O) groups is 1. The Morgan fingerprint density at radius 2 is 1.92 bits per heavy atom. The molecule has 0 aromatic heterocycles. The third-order valence-electron chi connectivity index (χ3n) is 3.87. The second-order valence-electron chi connectivity index (χ2n) is 5.65. The first kappa shape index (κ1) is 18.2. The molecule has 1 saturated heterocycles. The van der Waals surface area contributed by atoms with E-state index in [1.807, 2.05) is 0 Å². The molecule has 2 N–H and O–H groups in total. The number of hydrogen-bond acceptors (Lipinski definition) is 5. The normalized spacial score (nSPS) is 17.2. The number of para-hydroxylation sites is 2. The van der Waals surface area contributed by atoms with Gasteiger partial charge >= 0.3 is 0 Å². The van der Waals surface area contributed by atoms with Crippen molar-refractivity contribution in [3.8, 4) is 5.75 Å². The van der Waals surface area contributed by atoms with Gasteiger partial charge in [0.15, 0.2) is 5.11 Å². The molecule has 1 aliphatic rings. The molecule has 136 valence electrons. The number of thiocarbonyl (C=S) groups is 1. The Morgan fingerprint density at radius 1 is 1.19 bits per heavy atom. The lowest BCUT2D eigenvalue weighted by molar-refractivity contribution is -0.117. The van der Waals surface area contributed by atoms with Crippen molar-refractivity contribution >= 4 is 44.6 Å². The Labute approximate surface area is 157 Å². The Kier molecular flexibility index (Phi) is 4.84. The van der Waals surface area contributed by atoms with Gasteiger partial charge in [0.25, 0.3) is 15.9 Å². The monoisotopic (exact) mass is 391 g/mol. The van der Waals surface area contributed by atoms with E-state index >= 15 is 0 Å². The summed E-state index contributed by atoms with van der Waals surface area (Å²) < 4.78 is 33.2. The van der Waals surface area contributed by atoms with Gasteiger partial charge in [0.05, 0.1) is 23.4 Å². The third-order valence-corrected chi connectivity index (χ3v) is 5.53. The zero-order valence-corrected chi connectivity index (χ0v) is 15.7. The highest BCUT2D eigenvalue weighted by atomic mass is 32.2. The fourth-order valence-electron chi connectivity index (χ4n) is 2.57. The van der Waals surface area contributed by atoms with Crippen molar-refractivity contribution < 1.29 is 17.9 Å². The van der Waals surface area contributed by atoms with Crippen LogP contribution >= 0.6 is 12.2 Å². The van der Waals surface area contributed by atoms with E-state index in [0.717, 1.165) is 0 Å². The van der Waals surface area contributed by atoms with Crippen molar-refractivity contribution in [1.82, 2.24) is 5.32 Å². The summed E-state index contributed by atoms with van der Waals surface area (Å²) in [5.74, 6) is 0.170. The maximum Gasteiger partial charge on any atom is 0.262 e. The fourth-order valence-corrected chi connectivity index (χ4v) is 4.05. The molecule has 1 fully saturated rings. The minimum Gasteiger partial charge on any atom is -0.495 e. The van der Waals surface area contributed by atoms with E-state index in [4.69, 9.17) is 17.0 Å². The predicted molar refractivity (Wildman–Crippen MR) is 103 cm³/mol. The van der Waals surface area contributed by atoms with E-state index in [1.54, 1.807) is 43.3 Å². The molecule has 0 saturated carbocycles. The van der Waals surface area contributed by atoms with Gasteiger partial charge in [-0.05, 0) is 49.5 Å². The highest BCUT2D eigenvalue weighted by Gasteiger charge is 2.33. The number of methoxy groups -OCH3 is 1. The smallest absolute Gasteiger partial charge is 0.262 e. The highest BCUT2D eigenvalue weighted by molar-refractivity contribution is 7.92. The van der Waals surface area contributed by atoms with E-state index < -0.39 is 16.1 Å². The molecule has 1 atom stereocenters. The van der Waals surface area contributed by atoms with Gasteiger partial charge in [-0.1, -0.05) is 18.2 Å². The molecule has 0 aliphatic carbocycles. The van der Waals surface area contributed by atoms with Crippen LogP contribution in [0.2, 0.25) is 0 Å². The molecule has 7 nitrogen and oxygen atoms in total. The molecule has 2 aromatic rings. The maximum atomic E-state index is 12.7. The topological polar surface area (TPSA) is 87.7 Å². The molecule has 0 spiro atoms. The molecule has 2 aromatic carbocycles. The number of sulfonamides is 1. The average Bonchev–Trinajstić information content (AvgIpc) is 2.87. The summed E-state index contributed by atoms with van der Waals surface area (Å²) in [7, 11) is -2.42. The zero-order chi connectivity index (χ0) is 18.9. The van der Waals surface area contributed by atoms with Crippen LogP contribution in [-0.2, 0) is 14.8 Å². The quantitative estimate of drug-likeness (QED) is 0.759. The van der Waals surface area contributed by atoms with Gasteiger partial charge in [-0.3, -0.25) is 14.4 Å². The summed E-state index contributed by atoms with van der Waals surface area (Å²) in [5.41, 5.74) is 0.711. The summed E-state index contributed by atoms with van der Waals surface area (Å²) in [5, 5.41) is 3.10. The molecule has 1 aliphatic heterocycles. The van der Waals surface area contributed by atoms with Crippen LogP contribution < -0.4 is 19.7 Å². The largest absolute Gasteiger partial charge is 0.495 e. The van der Waals surface area contributed by atoms with Crippen LogP contribution in [0.15, 0.2) is 53.4 Å². The van der Waals surface area contributed by atoms with Gasteiger partial charge < -0.3 is 10.1 Å². The van der Waals surface area contributed by atoms with Crippen LogP contribution in [0.25, 0.3) is 0 Å². The van der Waals surface area contributed by atoms with Crippen molar-refractivity contribution in [3.05, 3.63) is 48.5 Å². The van der Waals surface area contributed by atoms with Crippen LogP contribution in [0.1, 0.15) is 6.92 Å². The second kappa shape index (κ2) is 6.93. The molecule has 1 amide bonds. The third kappa shape index (κ3) is 3.35. The molecule has 3 rings (SSSR count). The Morgan fingerprint density at radius 3 is 2.58 bits per heavy atom. The van der Waals surface area contributed by atoms with Crippen molar-refractivity contribution in [2.75, 3.05) is 16.7 Å². The zero-order valence-electron chi connectivity index (χ0n) is 14.1. The number of ether oxygens (including phenoxy) is 1. The van der Waals surface area contributed by atoms with Gasteiger partial charge in [-0.25, -0.2) is 8.42 Å². The van der Waals surface area contributed by atoms with Crippen molar-refractivity contribution in [1.29, 1.82) is 0 Å². The van der Waals surface area contributed by atoms with E-state index in [2.05, 4.69) is 10.0 Å². The van der Waals surface area contributed by atoms with Gasteiger partial charge in [-0.15, -0.1) is 0 Å². The first-order valence-electron chi connectivity index (χ1n) is 7.74. The number of rotatable bonds is 5. The SMILES string of the molecule is COc1ccccc1NS(=O)(=O)c1cccc(N2C(=O)C(C)NC2=S)c1. The minimum atomic E-state index is -3.88. The van der Waals surface area contributed by atoms with E-state index in [9.17, 15) is 13.2 Å². The van der Waals surface area contributed by atoms with E-state index in [0.29, 0.717) is 17.1 Å².